The highest BCUT2D eigenvalue weighted by atomic mass is 35.5. The Morgan fingerprint density at radius 3 is 2.86 bits per heavy atom. The van der Waals surface area contributed by atoms with Crippen LogP contribution >= 0.6 is 11.6 Å². The molecule has 0 heterocycles. The van der Waals surface area contributed by atoms with Gasteiger partial charge in [0.2, 0.25) is 0 Å². The van der Waals surface area contributed by atoms with Crippen molar-refractivity contribution in [2.24, 2.45) is 5.73 Å². The zero-order valence-corrected chi connectivity index (χ0v) is 12.6. The maximum absolute atomic E-state index is 13.5. The molecule has 3 heteroatoms. The summed E-state index contributed by atoms with van der Waals surface area (Å²) >= 11 is 5.73. The van der Waals surface area contributed by atoms with Gasteiger partial charge in [-0.25, -0.2) is 4.39 Å². The van der Waals surface area contributed by atoms with Gasteiger partial charge in [0.15, 0.2) is 0 Å². The van der Waals surface area contributed by atoms with E-state index in [1.165, 1.54) is 23.6 Å². The molecule has 2 aromatic rings. The van der Waals surface area contributed by atoms with Crippen molar-refractivity contribution in [2.45, 2.75) is 37.6 Å². The number of halogens is 2. The third-order valence-corrected chi connectivity index (χ3v) is 4.69. The molecule has 0 saturated heterocycles. The fraction of sp³-hybridized carbons (Fsp3) is 0.333. The van der Waals surface area contributed by atoms with Gasteiger partial charge < -0.3 is 5.73 Å². The molecular formula is C18H19ClFN. The Balaban J connectivity index is 1.80. The molecule has 0 saturated carbocycles. The van der Waals surface area contributed by atoms with Crippen molar-refractivity contribution in [1.82, 2.24) is 0 Å². The summed E-state index contributed by atoms with van der Waals surface area (Å²) in [6.45, 7) is 0. The van der Waals surface area contributed by atoms with E-state index in [0.717, 1.165) is 18.4 Å². The molecule has 0 bridgehead atoms. The Labute approximate surface area is 129 Å². The average molecular weight is 304 g/mol. The molecule has 1 aliphatic carbocycles. The molecule has 0 aliphatic heterocycles. The van der Waals surface area contributed by atoms with Crippen molar-refractivity contribution in [3.05, 3.63) is 70.0 Å². The standard InChI is InChI=1S/C18H19ClFN/c19-16-9-8-12(10-17(16)20)11-18(21)15-7-3-5-13-4-1-2-6-14(13)15/h1-2,4,6,8-10,15,18H,3,5,7,11,21H2. The highest BCUT2D eigenvalue weighted by Gasteiger charge is 2.25. The van der Waals surface area contributed by atoms with Crippen LogP contribution in [-0.4, -0.2) is 6.04 Å². The number of hydrogen-bond acceptors (Lipinski definition) is 1. The van der Waals surface area contributed by atoms with Gasteiger partial charge in [0.25, 0.3) is 0 Å². The Hall–Kier alpha value is -1.38. The summed E-state index contributed by atoms with van der Waals surface area (Å²) in [5, 5.41) is 0.162. The summed E-state index contributed by atoms with van der Waals surface area (Å²) in [6, 6.07) is 13.5. The Kier molecular flexibility index (Phi) is 4.27. The third kappa shape index (κ3) is 3.12. The van der Waals surface area contributed by atoms with Crippen LogP contribution in [0.2, 0.25) is 5.02 Å². The highest BCUT2D eigenvalue weighted by molar-refractivity contribution is 6.30. The van der Waals surface area contributed by atoms with Crippen LogP contribution < -0.4 is 5.73 Å². The zero-order valence-electron chi connectivity index (χ0n) is 11.9. The molecule has 2 N–H and O–H groups in total. The first-order valence-corrected chi connectivity index (χ1v) is 7.80. The summed E-state index contributed by atoms with van der Waals surface area (Å²) in [5.41, 5.74) is 10.1. The van der Waals surface area contributed by atoms with E-state index in [9.17, 15) is 4.39 Å². The number of fused-ring (bicyclic) bond motifs is 1. The number of benzene rings is 2. The topological polar surface area (TPSA) is 26.0 Å². The summed E-state index contributed by atoms with van der Waals surface area (Å²) in [4.78, 5) is 0. The normalized spacial score (nSPS) is 19.1. The van der Waals surface area contributed by atoms with Crippen molar-refractivity contribution >= 4 is 11.6 Å². The van der Waals surface area contributed by atoms with Crippen molar-refractivity contribution in [2.75, 3.05) is 0 Å². The molecule has 21 heavy (non-hydrogen) atoms. The Bertz CT molecular complexity index is 641. The van der Waals surface area contributed by atoms with E-state index in [4.69, 9.17) is 17.3 Å². The lowest BCUT2D eigenvalue weighted by molar-refractivity contribution is 0.459. The zero-order chi connectivity index (χ0) is 14.8. The second kappa shape index (κ2) is 6.17. The monoisotopic (exact) mass is 303 g/mol. The SMILES string of the molecule is NC(Cc1ccc(Cl)c(F)c1)C1CCCc2ccccc21. The minimum Gasteiger partial charge on any atom is -0.327 e. The number of nitrogens with two attached hydrogens (primary N) is 1. The van der Waals surface area contributed by atoms with Gasteiger partial charge in [0.05, 0.1) is 5.02 Å². The molecule has 2 atom stereocenters. The van der Waals surface area contributed by atoms with Crippen LogP contribution in [-0.2, 0) is 12.8 Å². The molecular weight excluding hydrogens is 285 g/mol. The predicted octanol–water partition coefficient (Wildman–Crippen LogP) is 4.47. The molecule has 1 aliphatic rings. The van der Waals surface area contributed by atoms with Gasteiger partial charge in [-0.15, -0.1) is 0 Å². The Morgan fingerprint density at radius 1 is 1.24 bits per heavy atom. The van der Waals surface area contributed by atoms with Crippen molar-refractivity contribution in [3.63, 3.8) is 0 Å². The van der Waals surface area contributed by atoms with Gasteiger partial charge in [-0.2, -0.15) is 0 Å². The van der Waals surface area contributed by atoms with E-state index in [2.05, 4.69) is 24.3 Å². The summed E-state index contributed by atoms with van der Waals surface area (Å²) in [7, 11) is 0. The minimum atomic E-state index is -0.370. The largest absolute Gasteiger partial charge is 0.327 e. The second-order valence-corrected chi connectivity index (χ2v) is 6.22. The highest BCUT2D eigenvalue weighted by Crippen LogP contribution is 2.34. The lowest BCUT2D eigenvalue weighted by atomic mass is 9.77. The number of rotatable bonds is 3. The maximum atomic E-state index is 13.5. The van der Waals surface area contributed by atoms with E-state index >= 15 is 0 Å². The van der Waals surface area contributed by atoms with E-state index in [1.54, 1.807) is 6.07 Å². The summed E-state index contributed by atoms with van der Waals surface area (Å²) in [6.07, 6.45) is 4.08. The van der Waals surface area contributed by atoms with Crippen LogP contribution in [0.1, 0.15) is 35.4 Å². The quantitative estimate of drug-likeness (QED) is 0.889. The predicted molar refractivity (Wildman–Crippen MR) is 85.2 cm³/mol. The van der Waals surface area contributed by atoms with Crippen molar-refractivity contribution < 1.29 is 4.39 Å². The van der Waals surface area contributed by atoms with Crippen LogP contribution in [0.3, 0.4) is 0 Å². The first kappa shape index (κ1) is 14.6. The number of hydrogen-bond donors (Lipinski definition) is 1. The molecule has 2 aromatic carbocycles. The molecule has 0 amide bonds. The van der Waals surface area contributed by atoms with E-state index in [0.29, 0.717) is 12.3 Å². The molecule has 2 unspecified atom stereocenters. The van der Waals surface area contributed by atoms with Gasteiger partial charge in [0, 0.05) is 6.04 Å². The van der Waals surface area contributed by atoms with Crippen molar-refractivity contribution in [1.29, 1.82) is 0 Å². The molecule has 0 fully saturated rings. The van der Waals surface area contributed by atoms with Gasteiger partial charge in [-0.1, -0.05) is 41.9 Å². The lowest BCUT2D eigenvalue weighted by Gasteiger charge is -2.30. The Morgan fingerprint density at radius 2 is 2.05 bits per heavy atom. The maximum Gasteiger partial charge on any atom is 0.142 e. The lowest BCUT2D eigenvalue weighted by Crippen LogP contribution is -2.33. The van der Waals surface area contributed by atoms with Gasteiger partial charge in [-0.3, -0.25) is 0 Å². The molecule has 0 spiro atoms. The van der Waals surface area contributed by atoms with E-state index < -0.39 is 0 Å². The van der Waals surface area contributed by atoms with Gasteiger partial charge in [0.1, 0.15) is 5.82 Å². The third-order valence-electron chi connectivity index (χ3n) is 4.39. The number of aryl methyl sites for hydroxylation is 1. The molecule has 110 valence electrons. The molecule has 1 nitrogen and oxygen atoms in total. The van der Waals surface area contributed by atoms with Gasteiger partial charge in [-0.05, 0) is 60.4 Å². The van der Waals surface area contributed by atoms with Crippen LogP contribution in [0.25, 0.3) is 0 Å². The first-order valence-electron chi connectivity index (χ1n) is 7.42. The second-order valence-electron chi connectivity index (χ2n) is 5.81. The fourth-order valence-corrected chi connectivity index (χ4v) is 3.43. The summed E-state index contributed by atoms with van der Waals surface area (Å²) < 4.78 is 13.5. The van der Waals surface area contributed by atoms with Crippen LogP contribution in [0.15, 0.2) is 42.5 Å². The van der Waals surface area contributed by atoms with Crippen LogP contribution in [0.4, 0.5) is 4.39 Å². The molecule has 3 rings (SSSR count). The van der Waals surface area contributed by atoms with Crippen molar-refractivity contribution in [3.8, 4) is 0 Å². The average Bonchev–Trinajstić information content (AvgIpc) is 2.50. The van der Waals surface area contributed by atoms with Crippen LogP contribution in [0.5, 0.6) is 0 Å². The fourth-order valence-electron chi connectivity index (χ4n) is 3.32. The summed E-state index contributed by atoms with van der Waals surface area (Å²) in [5.74, 6) is -0.0147. The first-order chi connectivity index (χ1) is 10.1. The van der Waals surface area contributed by atoms with E-state index in [-0.39, 0.29) is 16.9 Å². The smallest absolute Gasteiger partial charge is 0.142 e. The van der Waals surface area contributed by atoms with Crippen LogP contribution in [0, 0.1) is 5.82 Å². The molecule has 0 radical (unpaired) electrons. The van der Waals surface area contributed by atoms with Gasteiger partial charge >= 0.3 is 0 Å². The minimum absolute atomic E-state index is 0.00651. The van der Waals surface area contributed by atoms with E-state index in [1.807, 2.05) is 6.07 Å². The molecule has 0 aromatic heterocycles.